The van der Waals surface area contributed by atoms with Crippen molar-refractivity contribution in [2.75, 3.05) is 0 Å². The van der Waals surface area contributed by atoms with Crippen molar-refractivity contribution in [1.29, 1.82) is 0 Å². The van der Waals surface area contributed by atoms with Gasteiger partial charge in [0.05, 0.1) is 0 Å². The standard InChI is InChI=1S/C13H9F3O/c14-10-6-5-9(7-12(10)16)8-17-13-4-2-1-3-11(13)15/h1-7H,8H2. The lowest BCUT2D eigenvalue weighted by molar-refractivity contribution is 0.289. The van der Waals surface area contributed by atoms with Gasteiger partial charge in [-0.2, -0.15) is 0 Å². The van der Waals surface area contributed by atoms with E-state index in [1.165, 1.54) is 18.2 Å². The molecule has 2 aromatic rings. The van der Waals surface area contributed by atoms with Gasteiger partial charge in [0, 0.05) is 0 Å². The van der Waals surface area contributed by atoms with E-state index < -0.39 is 17.5 Å². The van der Waals surface area contributed by atoms with Crippen molar-refractivity contribution in [3.05, 3.63) is 65.5 Å². The minimum Gasteiger partial charge on any atom is -0.486 e. The molecular formula is C13H9F3O. The van der Waals surface area contributed by atoms with E-state index in [4.69, 9.17) is 4.74 Å². The number of benzene rings is 2. The molecule has 4 heteroatoms. The first-order valence-electron chi connectivity index (χ1n) is 4.98. The minimum atomic E-state index is -0.945. The SMILES string of the molecule is Fc1ccc(COc2ccccc2F)cc1F. The fourth-order valence-electron chi connectivity index (χ4n) is 1.35. The molecule has 0 atom stereocenters. The highest BCUT2D eigenvalue weighted by molar-refractivity contribution is 5.24. The van der Waals surface area contributed by atoms with Gasteiger partial charge >= 0.3 is 0 Å². The Morgan fingerprint density at radius 3 is 2.29 bits per heavy atom. The van der Waals surface area contributed by atoms with Gasteiger partial charge in [-0.1, -0.05) is 18.2 Å². The zero-order valence-electron chi connectivity index (χ0n) is 8.79. The third-order valence-corrected chi connectivity index (χ3v) is 2.22. The Hall–Kier alpha value is -1.97. The summed E-state index contributed by atoms with van der Waals surface area (Å²) in [6, 6.07) is 9.32. The van der Waals surface area contributed by atoms with Gasteiger partial charge in [-0.05, 0) is 29.8 Å². The van der Waals surface area contributed by atoms with Crippen LogP contribution in [0.15, 0.2) is 42.5 Å². The van der Waals surface area contributed by atoms with E-state index in [1.807, 2.05) is 0 Å². The number of hydrogen-bond donors (Lipinski definition) is 0. The molecule has 0 aliphatic rings. The molecule has 2 rings (SSSR count). The van der Waals surface area contributed by atoms with Gasteiger partial charge in [-0.25, -0.2) is 13.2 Å². The van der Waals surface area contributed by atoms with Crippen molar-refractivity contribution < 1.29 is 17.9 Å². The third-order valence-electron chi connectivity index (χ3n) is 2.22. The van der Waals surface area contributed by atoms with E-state index in [9.17, 15) is 13.2 Å². The minimum absolute atomic E-state index is 0.0157. The summed E-state index contributed by atoms with van der Waals surface area (Å²) in [6.45, 7) is -0.0157. The summed E-state index contributed by atoms with van der Waals surface area (Å²) < 4.78 is 43.9. The molecule has 0 spiro atoms. The topological polar surface area (TPSA) is 9.23 Å². The first kappa shape index (κ1) is 11.5. The molecule has 0 radical (unpaired) electrons. The van der Waals surface area contributed by atoms with E-state index in [0.29, 0.717) is 5.56 Å². The van der Waals surface area contributed by atoms with Crippen molar-refractivity contribution in [2.45, 2.75) is 6.61 Å². The molecule has 0 heterocycles. The van der Waals surface area contributed by atoms with Crippen LogP contribution in [0.1, 0.15) is 5.56 Å². The molecule has 2 aromatic carbocycles. The van der Waals surface area contributed by atoms with Crippen LogP contribution in [-0.2, 0) is 6.61 Å². The largest absolute Gasteiger partial charge is 0.486 e. The Kier molecular flexibility index (Phi) is 3.32. The van der Waals surface area contributed by atoms with Gasteiger partial charge in [0.25, 0.3) is 0 Å². The Morgan fingerprint density at radius 2 is 1.59 bits per heavy atom. The van der Waals surface area contributed by atoms with E-state index in [1.54, 1.807) is 12.1 Å². The fraction of sp³-hybridized carbons (Fsp3) is 0.0769. The monoisotopic (exact) mass is 238 g/mol. The van der Waals surface area contributed by atoms with Crippen LogP contribution in [-0.4, -0.2) is 0 Å². The Balaban J connectivity index is 2.08. The van der Waals surface area contributed by atoms with E-state index in [2.05, 4.69) is 0 Å². The first-order valence-corrected chi connectivity index (χ1v) is 4.98. The normalized spacial score (nSPS) is 10.3. The summed E-state index contributed by atoms with van der Waals surface area (Å²) in [7, 11) is 0. The molecule has 0 bridgehead atoms. The lowest BCUT2D eigenvalue weighted by Gasteiger charge is -2.07. The summed E-state index contributed by atoms with van der Waals surface area (Å²) in [6.07, 6.45) is 0. The lowest BCUT2D eigenvalue weighted by atomic mass is 10.2. The van der Waals surface area contributed by atoms with Crippen LogP contribution < -0.4 is 4.74 Å². The zero-order valence-corrected chi connectivity index (χ0v) is 8.79. The predicted octanol–water partition coefficient (Wildman–Crippen LogP) is 3.68. The quantitative estimate of drug-likeness (QED) is 0.792. The molecule has 0 fully saturated rings. The molecular weight excluding hydrogens is 229 g/mol. The van der Waals surface area contributed by atoms with Crippen LogP contribution in [0, 0.1) is 17.5 Å². The van der Waals surface area contributed by atoms with Crippen molar-refractivity contribution in [3.63, 3.8) is 0 Å². The number of rotatable bonds is 3. The van der Waals surface area contributed by atoms with Gasteiger partial charge in [0.2, 0.25) is 0 Å². The van der Waals surface area contributed by atoms with Gasteiger partial charge in [-0.15, -0.1) is 0 Å². The molecule has 0 saturated heterocycles. The van der Waals surface area contributed by atoms with Crippen LogP contribution >= 0.6 is 0 Å². The molecule has 0 aliphatic carbocycles. The van der Waals surface area contributed by atoms with Crippen molar-refractivity contribution >= 4 is 0 Å². The molecule has 17 heavy (non-hydrogen) atoms. The van der Waals surface area contributed by atoms with Crippen LogP contribution in [0.4, 0.5) is 13.2 Å². The second-order valence-electron chi connectivity index (χ2n) is 3.47. The molecule has 0 unspecified atom stereocenters. The molecule has 1 nitrogen and oxygen atoms in total. The second kappa shape index (κ2) is 4.91. The Bertz CT molecular complexity index is 526. The molecule has 0 aliphatic heterocycles. The van der Waals surface area contributed by atoms with Crippen LogP contribution in [0.25, 0.3) is 0 Å². The van der Waals surface area contributed by atoms with E-state index in [0.717, 1.165) is 12.1 Å². The van der Waals surface area contributed by atoms with Gasteiger partial charge in [0.15, 0.2) is 23.2 Å². The number of halogens is 3. The molecule has 88 valence electrons. The van der Waals surface area contributed by atoms with E-state index >= 15 is 0 Å². The summed E-state index contributed by atoms with van der Waals surface area (Å²) >= 11 is 0. The predicted molar refractivity (Wildman–Crippen MR) is 57.1 cm³/mol. The van der Waals surface area contributed by atoms with Crippen LogP contribution in [0.3, 0.4) is 0 Å². The van der Waals surface area contributed by atoms with Crippen LogP contribution in [0.2, 0.25) is 0 Å². The van der Waals surface area contributed by atoms with Crippen molar-refractivity contribution in [3.8, 4) is 5.75 Å². The highest BCUT2D eigenvalue weighted by Crippen LogP contribution is 2.17. The molecule has 0 saturated carbocycles. The second-order valence-corrected chi connectivity index (χ2v) is 3.47. The maximum absolute atomic E-state index is 13.2. The average Bonchev–Trinajstić information content (AvgIpc) is 2.32. The molecule has 0 amide bonds. The van der Waals surface area contributed by atoms with Crippen molar-refractivity contribution in [2.24, 2.45) is 0 Å². The Morgan fingerprint density at radius 1 is 0.824 bits per heavy atom. The zero-order chi connectivity index (χ0) is 12.3. The average molecular weight is 238 g/mol. The fourth-order valence-corrected chi connectivity index (χ4v) is 1.35. The lowest BCUT2D eigenvalue weighted by Crippen LogP contribution is -1.98. The van der Waals surface area contributed by atoms with Crippen LogP contribution in [0.5, 0.6) is 5.75 Å². The number of hydrogen-bond acceptors (Lipinski definition) is 1. The molecule has 0 N–H and O–H groups in total. The maximum Gasteiger partial charge on any atom is 0.165 e. The van der Waals surface area contributed by atoms with Gasteiger partial charge in [-0.3, -0.25) is 0 Å². The Labute approximate surface area is 96.5 Å². The third kappa shape index (κ3) is 2.78. The van der Waals surface area contributed by atoms with Gasteiger partial charge < -0.3 is 4.74 Å². The number of ether oxygens (including phenoxy) is 1. The summed E-state index contributed by atoms with van der Waals surface area (Å²) in [5.41, 5.74) is 0.437. The summed E-state index contributed by atoms with van der Waals surface area (Å²) in [5.74, 6) is -2.27. The summed E-state index contributed by atoms with van der Waals surface area (Å²) in [5, 5.41) is 0. The molecule has 0 aromatic heterocycles. The highest BCUT2D eigenvalue weighted by atomic mass is 19.2. The number of para-hydroxylation sites is 1. The van der Waals surface area contributed by atoms with Gasteiger partial charge in [0.1, 0.15) is 6.61 Å². The maximum atomic E-state index is 13.2. The smallest absolute Gasteiger partial charge is 0.165 e. The highest BCUT2D eigenvalue weighted by Gasteiger charge is 2.05. The first-order chi connectivity index (χ1) is 8.16. The van der Waals surface area contributed by atoms with E-state index in [-0.39, 0.29) is 12.4 Å². The van der Waals surface area contributed by atoms with Crippen molar-refractivity contribution in [1.82, 2.24) is 0 Å². The summed E-state index contributed by atoms with van der Waals surface area (Å²) in [4.78, 5) is 0.